The Labute approximate surface area is 236 Å². The van der Waals surface area contributed by atoms with E-state index in [9.17, 15) is 33.9 Å². The van der Waals surface area contributed by atoms with E-state index in [1.807, 2.05) is 0 Å². The minimum atomic E-state index is -1.43. The van der Waals surface area contributed by atoms with Crippen molar-refractivity contribution >= 4 is 41.5 Å². The van der Waals surface area contributed by atoms with Crippen molar-refractivity contribution in [3.8, 4) is 0 Å². The molecule has 41 heavy (non-hydrogen) atoms. The maximum Gasteiger partial charge on any atom is 0.326 e. The van der Waals surface area contributed by atoms with E-state index in [1.165, 1.54) is 0 Å². The lowest BCUT2D eigenvalue weighted by molar-refractivity contribution is -0.142. The quantitative estimate of drug-likeness (QED) is 0.0461. The van der Waals surface area contributed by atoms with Gasteiger partial charge < -0.3 is 49.1 Å². The first-order valence-corrected chi connectivity index (χ1v) is 12.8. The SMILES string of the molecule is NC(=O)CCC(NC(=O)C(CCC(=O)O)NC(=O)C(N)Cc1ccccc1)C(=O)NC(CCCN=C(N)N)C(=O)O. The highest BCUT2D eigenvalue weighted by molar-refractivity contribution is 5.94. The van der Waals surface area contributed by atoms with Crippen molar-refractivity contribution in [3.63, 3.8) is 0 Å². The van der Waals surface area contributed by atoms with Gasteiger partial charge in [-0.15, -0.1) is 0 Å². The number of guanidine groups is 1. The van der Waals surface area contributed by atoms with E-state index in [2.05, 4.69) is 20.9 Å². The first-order chi connectivity index (χ1) is 19.3. The summed E-state index contributed by atoms with van der Waals surface area (Å²) in [5.41, 5.74) is 22.4. The van der Waals surface area contributed by atoms with Crippen molar-refractivity contribution in [3.05, 3.63) is 35.9 Å². The first-order valence-electron chi connectivity index (χ1n) is 12.8. The number of carboxylic acid groups (broad SMARTS) is 2. The van der Waals surface area contributed by atoms with E-state index < -0.39 is 66.2 Å². The number of aliphatic imine (C=N–C) groups is 1. The van der Waals surface area contributed by atoms with Gasteiger partial charge >= 0.3 is 11.9 Å². The van der Waals surface area contributed by atoms with Gasteiger partial charge in [-0.3, -0.25) is 29.0 Å². The number of carboxylic acids is 2. The molecular formula is C25H38N8O8. The molecule has 0 fully saturated rings. The van der Waals surface area contributed by atoms with Crippen LogP contribution >= 0.6 is 0 Å². The average Bonchev–Trinajstić information content (AvgIpc) is 2.90. The number of aliphatic carboxylic acids is 2. The molecule has 1 rings (SSSR count). The van der Waals surface area contributed by atoms with E-state index in [-0.39, 0.29) is 51.0 Å². The van der Waals surface area contributed by atoms with Crippen LogP contribution in [0.15, 0.2) is 35.3 Å². The molecule has 0 aromatic heterocycles. The molecule has 0 saturated carbocycles. The van der Waals surface area contributed by atoms with Crippen LogP contribution in [0.5, 0.6) is 0 Å². The minimum Gasteiger partial charge on any atom is -0.481 e. The summed E-state index contributed by atoms with van der Waals surface area (Å²) in [6.45, 7) is 0.112. The second kappa shape index (κ2) is 17.8. The molecule has 1 aromatic carbocycles. The van der Waals surface area contributed by atoms with Crippen molar-refractivity contribution in [2.24, 2.45) is 27.9 Å². The molecule has 0 bridgehead atoms. The maximum absolute atomic E-state index is 13.1. The van der Waals surface area contributed by atoms with Crippen LogP contribution in [0.25, 0.3) is 0 Å². The summed E-state index contributed by atoms with van der Waals surface area (Å²) in [6, 6.07) is 3.56. The van der Waals surface area contributed by atoms with Crippen LogP contribution in [0.1, 0.15) is 44.1 Å². The highest BCUT2D eigenvalue weighted by Crippen LogP contribution is 2.07. The molecule has 16 nitrogen and oxygen atoms in total. The van der Waals surface area contributed by atoms with Crippen molar-refractivity contribution < 1.29 is 39.0 Å². The number of nitrogens with zero attached hydrogens (tertiary/aromatic N) is 1. The number of amides is 4. The van der Waals surface area contributed by atoms with Crippen LogP contribution in [0.3, 0.4) is 0 Å². The molecule has 0 heterocycles. The fourth-order valence-electron chi connectivity index (χ4n) is 3.64. The van der Waals surface area contributed by atoms with Gasteiger partial charge in [-0.1, -0.05) is 30.3 Å². The minimum absolute atomic E-state index is 0.0507. The third-order valence-electron chi connectivity index (χ3n) is 5.79. The van der Waals surface area contributed by atoms with Crippen LogP contribution in [0.2, 0.25) is 0 Å². The molecule has 0 radical (unpaired) electrons. The molecule has 13 N–H and O–H groups in total. The summed E-state index contributed by atoms with van der Waals surface area (Å²) in [5.74, 6) is -6.16. The van der Waals surface area contributed by atoms with Gasteiger partial charge in [0, 0.05) is 19.4 Å². The van der Waals surface area contributed by atoms with Gasteiger partial charge in [-0.05, 0) is 37.7 Å². The Morgan fingerprint density at radius 3 is 1.80 bits per heavy atom. The van der Waals surface area contributed by atoms with E-state index in [0.717, 1.165) is 5.56 Å². The van der Waals surface area contributed by atoms with Gasteiger partial charge in [0.1, 0.15) is 18.1 Å². The van der Waals surface area contributed by atoms with Crippen LogP contribution in [0.4, 0.5) is 0 Å². The predicted molar refractivity (Wildman–Crippen MR) is 147 cm³/mol. The molecule has 0 aliphatic heterocycles. The summed E-state index contributed by atoms with van der Waals surface area (Å²) >= 11 is 0. The molecule has 0 aliphatic rings. The van der Waals surface area contributed by atoms with Crippen molar-refractivity contribution in [2.45, 2.75) is 69.1 Å². The van der Waals surface area contributed by atoms with E-state index in [4.69, 9.17) is 28.0 Å². The Morgan fingerprint density at radius 1 is 0.756 bits per heavy atom. The van der Waals surface area contributed by atoms with E-state index >= 15 is 0 Å². The zero-order valence-electron chi connectivity index (χ0n) is 22.5. The molecule has 4 amide bonds. The molecule has 0 aliphatic carbocycles. The van der Waals surface area contributed by atoms with Crippen LogP contribution in [-0.2, 0) is 35.2 Å². The lowest BCUT2D eigenvalue weighted by atomic mass is 10.0. The summed E-state index contributed by atoms with van der Waals surface area (Å²) in [4.78, 5) is 76.8. The zero-order chi connectivity index (χ0) is 30.9. The second-order valence-electron chi connectivity index (χ2n) is 9.20. The number of hydrogen-bond acceptors (Lipinski definition) is 8. The number of carbonyl (C=O) groups is 6. The third kappa shape index (κ3) is 14.3. The number of primary amides is 1. The van der Waals surface area contributed by atoms with Crippen molar-refractivity contribution in [2.75, 3.05) is 6.54 Å². The van der Waals surface area contributed by atoms with Gasteiger partial charge in [0.05, 0.1) is 6.04 Å². The Hall–Kier alpha value is -4.73. The normalized spacial score (nSPS) is 13.5. The smallest absolute Gasteiger partial charge is 0.326 e. The van der Waals surface area contributed by atoms with E-state index in [1.54, 1.807) is 30.3 Å². The summed E-state index contributed by atoms with van der Waals surface area (Å²) in [7, 11) is 0. The highest BCUT2D eigenvalue weighted by Gasteiger charge is 2.30. The van der Waals surface area contributed by atoms with Gasteiger partial charge in [0.25, 0.3) is 0 Å². The van der Waals surface area contributed by atoms with E-state index in [0.29, 0.717) is 0 Å². The number of carbonyl (C=O) groups excluding carboxylic acids is 4. The van der Waals surface area contributed by atoms with Crippen LogP contribution in [-0.4, -0.2) is 82.5 Å². The Bertz CT molecular complexity index is 1090. The Kier molecular flexibility index (Phi) is 14.9. The Balaban J connectivity index is 3.01. The Morgan fingerprint density at radius 2 is 1.29 bits per heavy atom. The molecular weight excluding hydrogens is 540 g/mol. The molecule has 1 aromatic rings. The topological polar surface area (TPSA) is 295 Å². The average molecular weight is 579 g/mol. The van der Waals surface area contributed by atoms with Crippen molar-refractivity contribution in [1.82, 2.24) is 16.0 Å². The van der Waals surface area contributed by atoms with Crippen LogP contribution < -0.4 is 38.9 Å². The molecule has 0 saturated heterocycles. The van der Waals surface area contributed by atoms with Gasteiger partial charge in [0.15, 0.2) is 5.96 Å². The van der Waals surface area contributed by atoms with Crippen molar-refractivity contribution in [1.29, 1.82) is 0 Å². The van der Waals surface area contributed by atoms with Crippen LogP contribution in [0, 0.1) is 0 Å². The molecule has 16 heteroatoms. The summed E-state index contributed by atoms with van der Waals surface area (Å²) in [6.07, 6.45) is -1.16. The molecule has 4 unspecified atom stereocenters. The maximum atomic E-state index is 13.1. The molecule has 4 atom stereocenters. The number of benzene rings is 1. The number of nitrogens with one attached hydrogen (secondary N) is 3. The fourth-order valence-corrected chi connectivity index (χ4v) is 3.64. The summed E-state index contributed by atoms with van der Waals surface area (Å²) < 4.78 is 0. The first kappa shape index (κ1) is 34.3. The molecule has 226 valence electrons. The third-order valence-corrected chi connectivity index (χ3v) is 5.79. The van der Waals surface area contributed by atoms with Gasteiger partial charge in [-0.2, -0.15) is 0 Å². The standard InChI is InChI=1S/C25H38N8O8/c26-15(13-14-5-2-1-3-6-14)21(37)31-17(9-11-20(35)36)22(38)32-16(8-10-19(27)34)23(39)33-18(24(40)41)7-4-12-30-25(28)29/h1-3,5-6,15-18H,4,7-13,26H2,(H2,27,34)(H,31,37)(H,32,38)(H,33,39)(H,35,36)(H,40,41)(H4,28,29,30). The number of rotatable bonds is 19. The second-order valence-corrected chi connectivity index (χ2v) is 9.20. The van der Waals surface area contributed by atoms with Gasteiger partial charge in [0.2, 0.25) is 23.6 Å². The zero-order valence-corrected chi connectivity index (χ0v) is 22.5. The van der Waals surface area contributed by atoms with Gasteiger partial charge in [-0.25, -0.2) is 4.79 Å². The largest absolute Gasteiger partial charge is 0.481 e. The lowest BCUT2D eigenvalue weighted by Crippen LogP contribution is -2.57. The highest BCUT2D eigenvalue weighted by atomic mass is 16.4. The molecule has 0 spiro atoms. The number of hydrogen-bond donors (Lipinski definition) is 9. The summed E-state index contributed by atoms with van der Waals surface area (Å²) in [5, 5.41) is 25.7. The monoisotopic (exact) mass is 578 g/mol. The lowest BCUT2D eigenvalue weighted by Gasteiger charge is -2.25. The number of nitrogens with two attached hydrogens (primary N) is 4. The predicted octanol–water partition coefficient (Wildman–Crippen LogP) is -2.72. The fraction of sp³-hybridized carbons (Fsp3) is 0.480.